The quantitative estimate of drug-likeness (QED) is 0.623. The van der Waals surface area contributed by atoms with E-state index in [4.69, 9.17) is 5.73 Å². The minimum Gasteiger partial charge on any atom is -0.355 e. The van der Waals surface area contributed by atoms with Crippen molar-refractivity contribution >= 4 is 5.91 Å². The first-order valence-corrected chi connectivity index (χ1v) is 4.97. The first kappa shape index (κ1) is 10.5. The molecule has 0 bridgehead atoms. The summed E-state index contributed by atoms with van der Waals surface area (Å²) in [6.07, 6.45) is 2.01. The Kier molecular flexibility index (Phi) is 4.18. The zero-order chi connectivity index (χ0) is 9.68. The number of nitrogens with zero attached hydrogens (tertiary/aromatic N) is 1. The van der Waals surface area contributed by atoms with Crippen molar-refractivity contribution in [3.05, 3.63) is 0 Å². The molecule has 4 heteroatoms. The highest BCUT2D eigenvalue weighted by Gasteiger charge is 2.20. The maximum absolute atomic E-state index is 11.3. The van der Waals surface area contributed by atoms with Gasteiger partial charge >= 0.3 is 0 Å². The SMILES string of the molecule is CCCNC(=O)CN1CC[C@H](N)C1. The molecule has 1 heterocycles. The number of carbonyl (C=O) groups excluding carboxylic acids is 1. The van der Waals surface area contributed by atoms with Crippen LogP contribution in [0.1, 0.15) is 19.8 Å². The first-order chi connectivity index (χ1) is 6.22. The largest absolute Gasteiger partial charge is 0.355 e. The molecular weight excluding hydrogens is 166 g/mol. The zero-order valence-electron chi connectivity index (χ0n) is 8.25. The van der Waals surface area contributed by atoms with Crippen LogP contribution in [0.4, 0.5) is 0 Å². The van der Waals surface area contributed by atoms with Crippen molar-refractivity contribution in [1.29, 1.82) is 0 Å². The second kappa shape index (κ2) is 5.19. The summed E-state index contributed by atoms with van der Waals surface area (Å²) >= 11 is 0. The number of nitrogens with one attached hydrogen (secondary N) is 1. The van der Waals surface area contributed by atoms with Crippen molar-refractivity contribution in [1.82, 2.24) is 10.2 Å². The second-order valence-electron chi connectivity index (χ2n) is 3.63. The molecule has 1 aliphatic rings. The molecule has 76 valence electrons. The molecular formula is C9H19N3O. The second-order valence-corrected chi connectivity index (χ2v) is 3.63. The van der Waals surface area contributed by atoms with Gasteiger partial charge in [-0.15, -0.1) is 0 Å². The van der Waals surface area contributed by atoms with Crippen LogP contribution in [0.5, 0.6) is 0 Å². The molecule has 0 aliphatic carbocycles. The zero-order valence-corrected chi connectivity index (χ0v) is 8.25. The summed E-state index contributed by atoms with van der Waals surface area (Å²) in [6.45, 7) is 5.15. The van der Waals surface area contributed by atoms with Crippen LogP contribution in [-0.2, 0) is 4.79 Å². The summed E-state index contributed by atoms with van der Waals surface area (Å²) in [7, 11) is 0. The van der Waals surface area contributed by atoms with Gasteiger partial charge in [0.25, 0.3) is 0 Å². The van der Waals surface area contributed by atoms with Crippen molar-refractivity contribution in [2.45, 2.75) is 25.8 Å². The van der Waals surface area contributed by atoms with E-state index in [0.29, 0.717) is 6.54 Å². The van der Waals surface area contributed by atoms with Gasteiger partial charge in [-0.2, -0.15) is 0 Å². The molecule has 0 saturated carbocycles. The van der Waals surface area contributed by atoms with Crippen LogP contribution in [0.3, 0.4) is 0 Å². The predicted molar refractivity (Wildman–Crippen MR) is 52.3 cm³/mol. The molecule has 1 amide bonds. The fourth-order valence-electron chi connectivity index (χ4n) is 1.53. The summed E-state index contributed by atoms with van der Waals surface area (Å²) in [4.78, 5) is 13.4. The Balaban J connectivity index is 2.13. The summed E-state index contributed by atoms with van der Waals surface area (Å²) < 4.78 is 0. The Labute approximate surface area is 79.5 Å². The van der Waals surface area contributed by atoms with Crippen LogP contribution < -0.4 is 11.1 Å². The van der Waals surface area contributed by atoms with E-state index in [1.165, 1.54) is 0 Å². The van der Waals surface area contributed by atoms with Gasteiger partial charge in [0.1, 0.15) is 0 Å². The maximum Gasteiger partial charge on any atom is 0.234 e. The molecule has 0 unspecified atom stereocenters. The third-order valence-corrected chi connectivity index (χ3v) is 2.25. The van der Waals surface area contributed by atoms with Crippen molar-refractivity contribution in [2.75, 3.05) is 26.2 Å². The summed E-state index contributed by atoms with van der Waals surface area (Å²) in [5, 5.41) is 2.85. The van der Waals surface area contributed by atoms with Gasteiger partial charge in [-0.05, 0) is 12.8 Å². The fourth-order valence-corrected chi connectivity index (χ4v) is 1.53. The lowest BCUT2D eigenvalue weighted by atomic mass is 10.3. The van der Waals surface area contributed by atoms with E-state index in [9.17, 15) is 4.79 Å². The van der Waals surface area contributed by atoms with E-state index in [1.807, 2.05) is 6.92 Å². The lowest BCUT2D eigenvalue weighted by molar-refractivity contribution is -0.122. The van der Waals surface area contributed by atoms with Crippen molar-refractivity contribution in [2.24, 2.45) is 5.73 Å². The average molecular weight is 185 g/mol. The van der Waals surface area contributed by atoms with Gasteiger partial charge in [0, 0.05) is 25.7 Å². The number of hydrogen-bond donors (Lipinski definition) is 2. The molecule has 0 aromatic heterocycles. The Morgan fingerprint density at radius 3 is 3.00 bits per heavy atom. The molecule has 4 nitrogen and oxygen atoms in total. The predicted octanol–water partition coefficient (Wildman–Crippen LogP) is -0.454. The molecule has 0 aromatic carbocycles. The minimum atomic E-state index is 0.121. The van der Waals surface area contributed by atoms with E-state index in [2.05, 4.69) is 10.2 Å². The highest BCUT2D eigenvalue weighted by atomic mass is 16.2. The normalized spacial score (nSPS) is 23.4. The molecule has 1 saturated heterocycles. The van der Waals surface area contributed by atoms with Gasteiger partial charge < -0.3 is 11.1 Å². The molecule has 1 fully saturated rings. The van der Waals surface area contributed by atoms with Crippen molar-refractivity contribution in [3.63, 3.8) is 0 Å². The summed E-state index contributed by atoms with van der Waals surface area (Å²) in [6, 6.07) is 0.263. The average Bonchev–Trinajstić information content (AvgIpc) is 2.48. The van der Waals surface area contributed by atoms with Crippen LogP contribution in [0.2, 0.25) is 0 Å². The van der Waals surface area contributed by atoms with Crippen molar-refractivity contribution < 1.29 is 4.79 Å². The highest BCUT2D eigenvalue weighted by molar-refractivity contribution is 5.78. The minimum absolute atomic E-state index is 0.121. The van der Waals surface area contributed by atoms with E-state index in [-0.39, 0.29) is 11.9 Å². The number of hydrogen-bond acceptors (Lipinski definition) is 3. The molecule has 1 rings (SSSR count). The van der Waals surface area contributed by atoms with Gasteiger partial charge in [0.05, 0.1) is 6.54 Å². The number of amides is 1. The first-order valence-electron chi connectivity index (χ1n) is 4.97. The molecule has 1 atom stereocenters. The Morgan fingerprint density at radius 1 is 1.69 bits per heavy atom. The van der Waals surface area contributed by atoms with E-state index in [1.54, 1.807) is 0 Å². The monoisotopic (exact) mass is 185 g/mol. The van der Waals surface area contributed by atoms with Gasteiger partial charge in [0.2, 0.25) is 5.91 Å². The fraction of sp³-hybridized carbons (Fsp3) is 0.889. The molecule has 0 radical (unpaired) electrons. The van der Waals surface area contributed by atoms with Crippen molar-refractivity contribution in [3.8, 4) is 0 Å². The van der Waals surface area contributed by atoms with E-state index >= 15 is 0 Å². The van der Waals surface area contributed by atoms with Crippen LogP contribution in [0.15, 0.2) is 0 Å². The third kappa shape index (κ3) is 3.74. The number of rotatable bonds is 4. The van der Waals surface area contributed by atoms with Crippen LogP contribution in [0.25, 0.3) is 0 Å². The smallest absolute Gasteiger partial charge is 0.234 e. The van der Waals surface area contributed by atoms with Gasteiger partial charge in [0.15, 0.2) is 0 Å². The van der Waals surface area contributed by atoms with E-state index in [0.717, 1.165) is 32.5 Å². The number of nitrogens with two attached hydrogens (primary N) is 1. The molecule has 1 aliphatic heterocycles. The molecule has 0 aromatic rings. The Bertz CT molecular complexity index is 172. The Morgan fingerprint density at radius 2 is 2.46 bits per heavy atom. The summed E-state index contributed by atoms with van der Waals surface area (Å²) in [5.74, 6) is 0.121. The van der Waals surface area contributed by atoms with Gasteiger partial charge in [-0.25, -0.2) is 0 Å². The standard InChI is InChI=1S/C9H19N3O/c1-2-4-11-9(13)7-12-5-3-8(10)6-12/h8H,2-7,10H2,1H3,(H,11,13)/t8-/m0/s1. The van der Waals surface area contributed by atoms with Crippen LogP contribution in [-0.4, -0.2) is 43.0 Å². The lowest BCUT2D eigenvalue weighted by Crippen LogP contribution is -2.37. The van der Waals surface area contributed by atoms with Gasteiger partial charge in [-0.3, -0.25) is 9.69 Å². The topological polar surface area (TPSA) is 58.4 Å². The summed E-state index contributed by atoms with van der Waals surface area (Å²) in [5.41, 5.74) is 5.73. The lowest BCUT2D eigenvalue weighted by Gasteiger charge is -2.14. The Hall–Kier alpha value is -0.610. The molecule has 13 heavy (non-hydrogen) atoms. The number of carbonyl (C=O) groups is 1. The maximum atomic E-state index is 11.3. The van der Waals surface area contributed by atoms with Gasteiger partial charge in [-0.1, -0.05) is 6.92 Å². The van der Waals surface area contributed by atoms with Crippen LogP contribution in [0, 0.1) is 0 Å². The van der Waals surface area contributed by atoms with E-state index < -0.39 is 0 Å². The molecule has 0 spiro atoms. The highest BCUT2D eigenvalue weighted by Crippen LogP contribution is 2.05. The van der Waals surface area contributed by atoms with Crippen LogP contribution >= 0.6 is 0 Å². The molecule has 3 N–H and O–H groups in total. The number of likely N-dealkylation sites (tertiary alicyclic amines) is 1. The third-order valence-electron chi connectivity index (χ3n) is 2.25.